The van der Waals surface area contributed by atoms with Crippen LogP contribution in [0.15, 0.2) is 24.3 Å². The van der Waals surface area contributed by atoms with Crippen molar-refractivity contribution in [2.75, 3.05) is 13.6 Å². The van der Waals surface area contributed by atoms with Crippen molar-refractivity contribution in [1.29, 1.82) is 5.26 Å². The van der Waals surface area contributed by atoms with Crippen LogP contribution in [-0.2, 0) is 13.0 Å². The molecule has 2 N–H and O–H groups in total. The standard InChI is InChI=1S/C17H17N3S/c1-11-3-5-12(6-4-11)16-13(9-18)17(21)19-15-7-8-20(2)10-14(15)16/h3-6H,7-8,10H2,1-2H3,(H,19,21)/p+1. The molecule has 0 radical (unpaired) electrons. The van der Waals surface area contributed by atoms with Crippen molar-refractivity contribution in [2.24, 2.45) is 0 Å². The zero-order chi connectivity index (χ0) is 15.0. The summed E-state index contributed by atoms with van der Waals surface area (Å²) in [5.74, 6) is 0. The Labute approximate surface area is 129 Å². The van der Waals surface area contributed by atoms with Crippen LogP contribution in [-0.4, -0.2) is 18.6 Å². The Bertz CT molecular complexity index is 781. The lowest BCUT2D eigenvalue weighted by molar-refractivity contribution is -0.895. The number of aromatic amines is 1. The highest BCUT2D eigenvalue weighted by molar-refractivity contribution is 7.71. The highest BCUT2D eigenvalue weighted by Gasteiger charge is 2.24. The lowest BCUT2D eigenvalue weighted by Crippen LogP contribution is -3.08. The van der Waals surface area contributed by atoms with Gasteiger partial charge in [0.1, 0.15) is 17.3 Å². The van der Waals surface area contributed by atoms with Crippen LogP contribution >= 0.6 is 12.2 Å². The van der Waals surface area contributed by atoms with Gasteiger partial charge in [-0.25, -0.2) is 0 Å². The molecule has 1 aliphatic heterocycles. The van der Waals surface area contributed by atoms with Crippen molar-refractivity contribution < 1.29 is 4.90 Å². The molecule has 4 heteroatoms. The highest BCUT2D eigenvalue weighted by Crippen LogP contribution is 2.30. The minimum absolute atomic E-state index is 0.561. The van der Waals surface area contributed by atoms with Gasteiger partial charge in [0.25, 0.3) is 0 Å². The minimum atomic E-state index is 0.561. The highest BCUT2D eigenvalue weighted by atomic mass is 32.1. The van der Waals surface area contributed by atoms with E-state index in [-0.39, 0.29) is 0 Å². The monoisotopic (exact) mass is 296 g/mol. The lowest BCUT2D eigenvalue weighted by Gasteiger charge is -2.25. The minimum Gasteiger partial charge on any atom is -0.348 e. The molecule has 1 unspecified atom stereocenters. The first kappa shape index (κ1) is 14.0. The molecule has 0 bridgehead atoms. The van der Waals surface area contributed by atoms with E-state index in [0.29, 0.717) is 10.2 Å². The van der Waals surface area contributed by atoms with Gasteiger partial charge in [0.05, 0.1) is 19.2 Å². The van der Waals surface area contributed by atoms with Gasteiger partial charge in [-0.3, -0.25) is 0 Å². The van der Waals surface area contributed by atoms with E-state index in [4.69, 9.17) is 12.2 Å². The number of quaternary nitrogens is 1. The first-order chi connectivity index (χ1) is 10.1. The van der Waals surface area contributed by atoms with Gasteiger partial charge < -0.3 is 9.88 Å². The topological polar surface area (TPSA) is 44.0 Å². The van der Waals surface area contributed by atoms with E-state index in [1.165, 1.54) is 21.7 Å². The van der Waals surface area contributed by atoms with Gasteiger partial charge in [-0.15, -0.1) is 0 Å². The van der Waals surface area contributed by atoms with E-state index in [9.17, 15) is 5.26 Å². The Morgan fingerprint density at radius 2 is 2.00 bits per heavy atom. The smallest absolute Gasteiger partial charge is 0.122 e. The molecule has 3 rings (SSSR count). The summed E-state index contributed by atoms with van der Waals surface area (Å²) >= 11 is 5.39. The van der Waals surface area contributed by atoms with E-state index in [0.717, 1.165) is 30.6 Å². The number of likely N-dealkylation sites (N-methyl/N-ethyl adjacent to an activating group) is 1. The van der Waals surface area contributed by atoms with Gasteiger partial charge in [-0.05, 0) is 12.5 Å². The number of nitrogens with zero attached hydrogens (tertiary/aromatic N) is 1. The second-order valence-corrected chi connectivity index (χ2v) is 6.18. The quantitative estimate of drug-likeness (QED) is 0.792. The Morgan fingerprint density at radius 3 is 2.67 bits per heavy atom. The largest absolute Gasteiger partial charge is 0.348 e. The summed E-state index contributed by atoms with van der Waals surface area (Å²) in [4.78, 5) is 4.73. The van der Waals surface area contributed by atoms with Gasteiger partial charge in [0, 0.05) is 23.2 Å². The van der Waals surface area contributed by atoms with Crippen molar-refractivity contribution in [1.82, 2.24) is 4.98 Å². The van der Waals surface area contributed by atoms with Crippen LogP contribution in [0.3, 0.4) is 0 Å². The summed E-state index contributed by atoms with van der Waals surface area (Å²) in [6.07, 6.45) is 0.982. The number of hydrogen-bond acceptors (Lipinski definition) is 2. The second-order valence-electron chi connectivity index (χ2n) is 5.77. The molecule has 1 aromatic carbocycles. The van der Waals surface area contributed by atoms with Gasteiger partial charge >= 0.3 is 0 Å². The maximum Gasteiger partial charge on any atom is 0.122 e. The number of nitriles is 1. The summed E-state index contributed by atoms with van der Waals surface area (Å²) in [6.45, 7) is 4.09. The molecule has 0 aliphatic carbocycles. The van der Waals surface area contributed by atoms with E-state index < -0.39 is 0 Å². The van der Waals surface area contributed by atoms with Gasteiger partial charge in [0.2, 0.25) is 0 Å². The van der Waals surface area contributed by atoms with E-state index in [1.54, 1.807) is 0 Å². The predicted octanol–water partition coefficient (Wildman–Crippen LogP) is 2.16. The summed E-state index contributed by atoms with van der Waals surface area (Å²) in [5.41, 5.74) is 6.36. The number of pyridine rings is 1. The van der Waals surface area contributed by atoms with Gasteiger partial charge in [-0.1, -0.05) is 42.0 Å². The first-order valence-electron chi connectivity index (χ1n) is 7.16. The number of aryl methyl sites for hydroxylation is 1. The van der Waals surface area contributed by atoms with Gasteiger partial charge in [-0.2, -0.15) is 5.26 Å². The van der Waals surface area contributed by atoms with E-state index in [2.05, 4.69) is 49.3 Å². The molecule has 0 saturated carbocycles. The van der Waals surface area contributed by atoms with Crippen molar-refractivity contribution >= 4 is 12.2 Å². The zero-order valence-electron chi connectivity index (χ0n) is 12.3. The number of rotatable bonds is 1. The Hall–Kier alpha value is -1.96. The molecule has 21 heavy (non-hydrogen) atoms. The molecule has 1 aromatic heterocycles. The molecule has 0 amide bonds. The van der Waals surface area contributed by atoms with Crippen LogP contribution in [0.25, 0.3) is 11.1 Å². The molecule has 106 valence electrons. The third-order valence-corrected chi connectivity index (χ3v) is 4.45. The number of hydrogen-bond donors (Lipinski definition) is 2. The number of H-pyrrole nitrogens is 1. The van der Waals surface area contributed by atoms with Crippen molar-refractivity contribution in [2.45, 2.75) is 19.9 Å². The van der Waals surface area contributed by atoms with Crippen LogP contribution in [0.2, 0.25) is 0 Å². The molecule has 0 fully saturated rings. The van der Waals surface area contributed by atoms with Crippen molar-refractivity contribution in [3.8, 4) is 17.2 Å². The van der Waals surface area contributed by atoms with Crippen molar-refractivity contribution in [3.63, 3.8) is 0 Å². The fraction of sp³-hybridized carbons (Fsp3) is 0.294. The number of nitrogens with one attached hydrogen (secondary N) is 2. The summed E-state index contributed by atoms with van der Waals surface area (Å²) in [6, 6.07) is 10.6. The van der Waals surface area contributed by atoms with Crippen LogP contribution in [0.1, 0.15) is 22.4 Å². The Balaban J connectivity index is 2.31. The van der Waals surface area contributed by atoms with E-state index >= 15 is 0 Å². The molecule has 1 aliphatic rings. The fourth-order valence-corrected chi connectivity index (χ4v) is 3.24. The molecule has 2 heterocycles. The second kappa shape index (κ2) is 5.44. The van der Waals surface area contributed by atoms with E-state index in [1.807, 2.05) is 0 Å². The maximum atomic E-state index is 9.54. The number of aromatic nitrogens is 1. The Morgan fingerprint density at radius 1 is 1.29 bits per heavy atom. The molecule has 2 aromatic rings. The average molecular weight is 296 g/mol. The number of fused-ring (bicyclic) bond motifs is 1. The van der Waals surface area contributed by atoms with Crippen LogP contribution in [0, 0.1) is 22.9 Å². The normalized spacial score (nSPS) is 17.1. The summed E-state index contributed by atoms with van der Waals surface area (Å²) in [7, 11) is 2.19. The third kappa shape index (κ3) is 2.51. The van der Waals surface area contributed by atoms with Crippen LogP contribution < -0.4 is 4.90 Å². The summed E-state index contributed by atoms with van der Waals surface area (Å²) < 4.78 is 0.561. The average Bonchev–Trinajstić information content (AvgIpc) is 2.47. The predicted molar refractivity (Wildman–Crippen MR) is 85.7 cm³/mol. The van der Waals surface area contributed by atoms with Crippen LogP contribution in [0.4, 0.5) is 0 Å². The molecular weight excluding hydrogens is 278 g/mol. The fourth-order valence-electron chi connectivity index (χ4n) is 2.97. The molecule has 0 saturated heterocycles. The molecule has 0 spiro atoms. The van der Waals surface area contributed by atoms with Crippen LogP contribution in [0.5, 0.6) is 0 Å². The lowest BCUT2D eigenvalue weighted by atomic mass is 9.91. The number of benzene rings is 1. The SMILES string of the molecule is Cc1ccc(-c2c3c([nH]c(=S)c2C#N)CC[NH+](C)C3)cc1. The summed E-state index contributed by atoms with van der Waals surface area (Å²) in [5, 5.41) is 9.54. The Kier molecular flexibility index (Phi) is 3.62. The first-order valence-corrected chi connectivity index (χ1v) is 7.57. The molecule has 1 atom stereocenters. The van der Waals surface area contributed by atoms with Crippen molar-refractivity contribution in [3.05, 3.63) is 51.3 Å². The van der Waals surface area contributed by atoms with Gasteiger partial charge in [0.15, 0.2) is 0 Å². The third-order valence-electron chi connectivity index (χ3n) is 4.14. The molecule has 3 nitrogen and oxygen atoms in total. The molecular formula is C17H18N3S+. The zero-order valence-corrected chi connectivity index (χ0v) is 13.1. The maximum absolute atomic E-state index is 9.54.